The standard InChI is InChI=1S/C25H30N2O4/c1-4-13-26-14-15-27(24(28)18-30-2)17-22(25(26)29)16-19-5-7-20(8-6-19)21-9-11-23(31-3)12-10-21/h4-12,22H,1,13-18H2,2-3H3. The zero-order valence-electron chi connectivity index (χ0n) is 18.3. The summed E-state index contributed by atoms with van der Waals surface area (Å²) >= 11 is 0. The van der Waals surface area contributed by atoms with Crippen molar-refractivity contribution in [2.75, 3.05) is 47.0 Å². The van der Waals surface area contributed by atoms with E-state index in [9.17, 15) is 9.59 Å². The fourth-order valence-corrected chi connectivity index (χ4v) is 3.88. The van der Waals surface area contributed by atoms with Crippen LogP contribution in [0.4, 0.5) is 0 Å². The summed E-state index contributed by atoms with van der Waals surface area (Å²) in [6.45, 7) is 5.68. The molecular formula is C25H30N2O4. The number of hydrogen-bond donors (Lipinski definition) is 0. The lowest BCUT2D eigenvalue weighted by Crippen LogP contribution is -2.39. The summed E-state index contributed by atoms with van der Waals surface area (Å²) in [6, 6.07) is 16.2. The van der Waals surface area contributed by atoms with E-state index in [1.54, 1.807) is 23.0 Å². The van der Waals surface area contributed by atoms with E-state index in [1.165, 1.54) is 7.11 Å². The molecule has 3 rings (SSSR count). The van der Waals surface area contributed by atoms with Crippen LogP contribution in [0, 0.1) is 5.92 Å². The molecule has 0 aliphatic carbocycles. The lowest BCUT2D eigenvalue weighted by Gasteiger charge is -2.23. The first-order valence-corrected chi connectivity index (χ1v) is 10.5. The van der Waals surface area contributed by atoms with Crippen LogP contribution in [0.25, 0.3) is 11.1 Å². The highest BCUT2D eigenvalue weighted by Gasteiger charge is 2.31. The molecule has 0 aromatic heterocycles. The number of nitrogens with zero attached hydrogens (tertiary/aromatic N) is 2. The van der Waals surface area contributed by atoms with Gasteiger partial charge in [-0.05, 0) is 35.2 Å². The molecule has 1 unspecified atom stereocenters. The monoisotopic (exact) mass is 422 g/mol. The molecule has 1 atom stereocenters. The molecule has 2 aromatic rings. The topological polar surface area (TPSA) is 59.1 Å². The van der Waals surface area contributed by atoms with Gasteiger partial charge < -0.3 is 19.3 Å². The molecule has 0 saturated carbocycles. The van der Waals surface area contributed by atoms with Crippen molar-refractivity contribution in [1.82, 2.24) is 9.80 Å². The van der Waals surface area contributed by atoms with Gasteiger partial charge in [0.2, 0.25) is 11.8 Å². The first kappa shape index (κ1) is 22.6. The molecule has 1 fully saturated rings. The molecule has 31 heavy (non-hydrogen) atoms. The Bertz CT molecular complexity index is 893. The van der Waals surface area contributed by atoms with Crippen LogP contribution in [0.3, 0.4) is 0 Å². The first-order valence-electron chi connectivity index (χ1n) is 10.5. The van der Waals surface area contributed by atoms with Gasteiger partial charge in [0.25, 0.3) is 0 Å². The molecule has 1 heterocycles. The Morgan fingerprint density at radius 3 is 2.29 bits per heavy atom. The normalized spacial score (nSPS) is 16.7. The second-order valence-corrected chi connectivity index (χ2v) is 7.67. The highest BCUT2D eigenvalue weighted by molar-refractivity contribution is 5.83. The lowest BCUT2D eigenvalue weighted by atomic mass is 9.95. The number of methoxy groups -OCH3 is 2. The van der Waals surface area contributed by atoms with Crippen LogP contribution < -0.4 is 4.74 Å². The van der Waals surface area contributed by atoms with Crippen molar-refractivity contribution in [3.63, 3.8) is 0 Å². The number of rotatable bonds is 8. The van der Waals surface area contributed by atoms with Crippen LogP contribution in [-0.2, 0) is 20.7 Å². The van der Waals surface area contributed by atoms with E-state index in [0.29, 0.717) is 32.6 Å². The minimum absolute atomic E-state index is 0.0267. The summed E-state index contributed by atoms with van der Waals surface area (Å²) in [6.07, 6.45) is 2.30. The summed E-state index contributed by atoms with van der Waals surface area (Å²) in [5.74, 6) is 0.501. The van der Waals surface area contributed by atoms with Crippen molar-refractivity contribution in [2.24, 2.45) is 5.92 Å². The quantitative estimate of drug-likeness (QED) is 0.614. The van der Waals surface area contributed by atoms with E-state index in [4.69, 9.17) is 9.47 Å². The number of amides is 2. The second kappa shape index (κ2) is 10.8. The highest BCUT2D eigenvalue weighted by atomic mass is 16.5. The summed E-state index contributed by atoms with van der Waals surface area (Å²) in [7, 11) is 3.16. The summed E-state index contributed by atoms with van der Waals surface area (Å²) < 4.78 is 10.2. The molecule has 1 saturated heterocycles. The Kier molecular flexibility index (Phi) is 7.84. The number of hydrogen-bond acceptors (Lipinski definition) is 4. The van der Waals surface area contributed by atoms with Gasteiger partial charge in [0.05, 0.1) is 13.0 Å². The third-order valence-corrected chi connectivity index (χ3v) is 5.57. The summed E-state index contributed by atoms with van der Waals surface area (Å²) in [5, 5.41) is 0. The van der Waals surface area contributed by atoms with E-state index in [-0.39, 0.29) is 24.3 Å². The van der Waals surface area contributed by atoms with Gasteiger partial charge in [-0.25, -0.2) is 0 Å². The van der Waals surface area contributed by atoms with Crippen molar-refractivity contribution in [2.45, 2.75) is 6.42 Å². The average Bonchev–Trinajstić information content (AvgIpc) is 2.94. The van der Waals surface area contributed by atoms with Gasteiger partial charge in [-0.3, -0.25) is 9.59 Å². The summed E-state index contributed by atoms with van der Waals surface area (Å²) in [5.41, 5.74) is 3.27. The zero-order chi connectivity index (χ0) is 22.2. The smallest absolute Gasteiger partial charge is 0.248 e. The molecule has 0 bridgehead atoms. The molecule has 1 aliphatic heterocycles. The van der Waals surface area contributed by atoms with E-state index >= 15 is 0 Å². The van der Waals surface area contributed by atoms with Crippen molar-refractivity contribution >= 4 is 11.8 Å². The van der Waals surface area contributed by atoms with Gasteiger partial charge >= 0.3 is 0 Å². The van der Waals surface area contributed by atoms with Crippen molar-refractivity contribution in [1.29, 1.82) is 0 Å². The maximum atomic E-state index is 13.1. The van der Waals surface area contributed by atoms with Crippen LogP contribution in [0.15, 0.2) is 61.2 Å². The molecule has 2 amide bonds. The third-order valence-electron chi connectivity index (χ3n) is 5.57. The third kappa shape index (κ3) is 5.73. The Balaban J connectivity index is 1.75. The van der Waals surface area contributed by atoms with E-state index in [2.05, 4.69) is 30.8 Å². The molecule has 1 aliphatic rings. The van der Waals surface area contributed by atoms with Gasteiger partial charge in [0, 0.05) is 33.3 Å². The van der Waals surface area contributed by atoms with Crippen molar-refractivity contribution < 1.29 is 19.1 Å². The van der Waals surface area contributed by atoms with Gasteiger partial charge in [-0.2, -0.15) is 0 Å². The van der Waals surface area contributed by atoms with Crippen LogP contribution in [0.5, 0.6) is 5.75 Å². The van der Waals surface area contributed by atoms with Crippen LogP contribution in [-0.4, -0.2) is 68.6 Å². The van der Waals surface area contributed by atoms with Crippen LogP contribution in [0.1, 0.15) is 5.56 Å². The number of carbonyl (C=O) groups is 2. The predicted molar refractivity (Wildman–Crippen MR) is 121 cm³/mol. The summed E-state index contributed by atoms with van der Waals surface area (Å²) in [4.78, 5) is 29.0. The first-order chi connectivity index (χ1) is 15.0. The predicted octanol–water partition coefficient (Wildman–Crippen LogP) is 3.02. The molecular weight excluding hydrogens is 392 g/mol. The second-order valence-electron chi connectivity index (χ2n) is 7.67. The van der Waals surface area contributed by atoms with E-state index in [1.807, 2.05) is 24.3 Å². The number of benzene rings is 2. The van der Waals surface area contributed by atoms with Gasteiger partial charge in [-0.1, -0.05) is 42.5 Å². The molecule has 0 N–H and O–H groups in total. The van der Waals surface area contributed by atoms with Gasteiger partial charge in [0.1, 0.15) is 12.4 Å². The maximum absolute atomic E-state index is 13.1. The lowest BCUT2D eigenvalue weighted by molar-refractivity contribution is -0.136. The minimum atomic E-state index is -0.296. The Hall–Kier alpha value is -3.12. The number of carbonyl (C=O) groups excluding carboxylic acids is 2. The Morgan fingerprint density at radius 2 is 1.71 bits per heavy atom. The van der Waals surface area contributed by atoms with Crippen molar-refractivity contribution in [3.8, 4) is 16.9 Å². The largest absolute Gasteiger partial charge is 0.497 e. The van der Waals surface area contributed by atoms with Crippen LogP contribution >= 0.6 is 0 Å². The fourth-order valence-electron chi connectivity index (χ4n) is 3.88. The molecule has 2 aromatic carbocycles. The molecule has 0 spiro atoms. The SMILES string of the molecule is C=CCN1CCN(C(=O)COC)CC(Cc2ccc(-c3ccc(OC)cc3)cc2)C1=O. The minimum Gasteiger partial charge on any atom is -0.497 e. The fraction of sp³-hybridized carbons (Fsp3) is 0.360. The maximum Gasteiger partial charge on any atom is 0.248 e. The van der Waals surface area contributed by atoms with Gasteiger partial charge in [0.15, 0.2) is 0 Å². The highest BCUT2D eigenvalue weighted by Crippen LogP contribution is 2.24. The average molecular weight is 423 g/mol. The zero-order valence-corrected chi connectivity index (χ0v) is 18.3. The molecule has 0 radical (unpaired) electrons. The molecule has 164 valence electrons. The van der Waals surface area contributed by atoms with Crippen LogP contribution in [0.2, 0.25) is 0 Å². The van der Waals surface area contributed by atoms with Crippen molar-refractivity contribution in [3.05, 3.63) is 66.7 Å². The van der Waals surface area contributed by atoms with Gasteiger partial charge in [-0.15, -0.1) is 6.58 Å². The number of ether oxygens (including phenoxy) is 2. The molecule has 6 heteroatoms. The van der Waals surface area contributed by atoms with E-state index in [0.717, 1.165) is 22.4 Å². The Labute approximate surface area is 184 Å². The Morgan fingerprint density at radius 1 is 1.06 bits per heavy atom. The molecule has 6 nitrogen and oxygen atoms in total. The van der Waals surface area contributed by atoms with E-state index < -0.39 is 0 Å².